The zero-order valence-corrected chi connectivity index (χ0v) is 12.4. The van der Waals surface area contributed by atoms with Crippen LogP contribution in [-0.2, 0) is 19.5 Å². The summed E-state index contributed by atoms with van der Waals surface area (Å²) in [5.41, 5.74) is 15.8. The molecule has 22 heavy (non-hydrogen) atoms. The Labute approximate surface area is 130 Å². The highest BCUT2D eigenvalue weighted by atomic mass is 15.1. The van der Waals surface area contributed by atoms with Gasteiger partial charge in [-0.15, -0.1) is 0 Å². The van der Waals surface area contributed by atoms with Crippen molar-refractivity contribution in [2.75, 3.05) is 5.73 Å². The van der Waals surface area contributed by atoms with Gasteiger partial charge in [0.15, 0.2) is 0 Å². The Hall–Kier alpha value is -2.59. The number of nitrogen functional groups attached to an aromatic ring is 1. The highest BCUT2D eigenvalue weighted by molar-refractivity contribution is 5.41. The third-order valence-corrected chi connectivity index (χ3v) is 3.73. The van der Waals surface area contributed by atoms with E-state index in [1.807, 2.05) is 30.6 Å². The molecule has 0 fully saturated rings. The fraction of sp³-hybridized carbons (Fsp3) is 0.167. The van der Waals surface area contributed by atoms with Crippen LogP contribution in [0.25, 0.3) is 0 Å². The maximum atomic E-state index is 5.84. The van der Waals surface area contributed by atoms with Crippen LogP contribution in [0.15, 0.2) is 60.9 Å². The van der Waals surface area contributed by atoms with Crippen LogP contribution in [-0.4, -0.2) is 9.55 Å². The van der Waals surface area contributed by atoms with Gasteiger partial charge in [-0.25, -0.2) is 4.98 Å². The van der Waals surface area contributed by atoms with Crippen LogP contribution in [0.5, 0.6) is 0 Å². The number of aromatic nitrogens is 2. The van der Waals surface area contributed by atoms with Crippen LogP contribution in [0.2, 0.25) is 0 Å². The van der Waals surface area contributed by atoms with E-state index in [2.05, 4.69) is 39.9 Å². The second-order valence-corrected chi connectivity index (χ2v) is 5.41. The molecule has 3 aromatic rings. The molecule has 4 heteroatoms. The molecule has 4 nitrogen and oxygen atoms in total. The third-order valence-electron chi connectivity index (χ3n) is 3.73. The fourth-order valence-corrected chi connectivity index (χ4v) is 2.51. The first-order valence-corrected chi connectivity index (χ1v) is 7.37. The van der Waals surface area contributed by atoms with Gasteiger partial charge in [0, 0.05) is 37.6 Å². The fourth-order valence-electron chi connectivity index (χ4n) is 2.51. The van der Waals surface area contributed by atoms with E-state index in [1.165, 1.54) is 11.1 Å². The van der Waals surface area contributed by atoms with Gasteiger partial charge in [0.25, 0.3) is 0 Å². The van der Waals surface area contributed by atoms with Crippen molar-refractivity contribution in [1.82, 2.24) is 9.55 Å². The molecule has 0 saturated heterocycles. The molecule has 0 bridgehead atoms. The molecule has 3 rings (SSSR count). The molecule has 0 spiro atoms. The maximum absolute atomic E-state index is 5.84. The van der Waals surface area contributed by atoms with E-state index in [1.54, 1.807) is 0 Å². The lowest BCUT2D eigenvalue weighted by Gasteiger charge is -2.09. The lowest BCUT2D eigenvalue weighted by atomic mass is 10.1. The van der Waals surface area contributed by atoms with E-state index < -0.39 is 0 Å². The van der Waals surface area contributed by atoms with Crippen LogP contribution in [0.4, 0.5) is 5.69 Å². The van der Waals surface area contributed by atoms with E-state index >= 15 is 0 Å². The molecule has 0 aliphatic rings. The molecule has 4 N–H and O–H groups in total. The van der Waals surface area contributed by atoms with Crippen LogP contribution in [0, 0.1) is 0 Å². The van der Waals surface area contributed by atoms with Crippen molar-refractivity contribution in [2.45, 2.75) is 19.5 Å². The third kappa shape index (κ3) is 3.35. The summed E-state index contributed by atoms with van der Waals surface area (Å²) >= 11 is 0. The first-order chi connectivity index (χ1) is 10.7. The zero-order chi connectivity index (χ0) is 15.4. The van der Waals surface area contributed by atoms with Gasteiger partial charge in [0.1, 0.15) is 5.82 Å². The normalized spacial score (nSPS) is 10.8. The standard InChI is InChI=1S/C18H20N4/c19-12-14-4-6-15(7-5-14)13-22-9-8-21-18(22)11-16-2-1-3-17(20)10-16/h1-10H,11-13,19-20H2. The summed E-state index contributed by atoms with van der Waals surface area (Å²) in [7, 11) is 0. The van der Waals surface area contributed by atoms with Crippen molar-refractivity contribution < 1.29 is 0 Å². The predicted octanol–water partition coefficient (Wildman–Crippen LogP) is 2.56. The van der Waals surface area contributed by atoms with Crippen LogP contribution >= 0.6 is 0 Å². The predicted molar refractivity (Wildman–Crippen MR) is 89.3 cm³/mol. The summed E-state index contributed by atoms with van der Waals surface area (Å²) in [5.74, 6) is 1.04. The number of imidazole rings is 1. The SMILES string of the molecule is NCc1ccc(Cn2ccnc2Cc2cccc(N)c2)cc1. The topological polar surface area (TPSA) is 69.9 Å². The Morgan fingerprint density at radius 3 is 2.45 bits per heavy atom. The minimum atomic E-state index is 0.575. The minimum Gasteiger partial charge on any atom is -0.399 e. The highest BCUT2D eigenvalue weighted by Crippen LogP contribution is 2.13. The van der Waals surface area contributed by atoms with Gasteiger partial charge in [-0.1, -0.05) is 36.4 Å². The zero-order valence-electron chi connectivity index (χ0n) is 12.4. The second kappa shape index (κ2) is 6.45. The lowest BCUT2D eigenvalue weighted by Crippen LogP contribution is -2.06. The van der Waals surface area contributed by atoms with Crippen molar-refractivity contribution in [3.8, 4) is 0 Å². The first kappa shape index (κ1) is 14.4. The molecule has 2 aromatic carbocycles. The Bertz CT molecular complexity index is 744. The van der Waals surface area contributed by atoms with Crippen LogP contribution in [0.3, 0.4) is 0 Å². The smallest absolute Gasteiger partial charge is 0.113 e. The first-order valence-electron chi connectivity index (χ1n) is 7.37. The molecule has 0 amide bonds. The van der Waals surface area contributed by atoms with Gasteiger partial charge < -0.3 is 16.0 Å². The summed E-state index contributed by atoms with van der Waals surface area (Å²) in [5, 5.41) is 0. The van der Waals surface area contributed by atoms with Crippen LogP contribution < -0.4 is 11.5 Å². The summed E-state index contributed by atoms with van der Waals surface area (Å²) in [6, 6.07) is 16.3. The van der Waals surface area contributed by atoms with E-state index in [4.69, 9.17) is 11.5 Å². The van der Waals surface area contributed by atoms with Crippen LogP contribution in [0.1, 0.15) is 22.5 Å². The van der Waals surface area contributed by atoms with Gasteiger partial charge in [0.05, 0.1) is 0 Å². The molecule has 0 radical (unpaired) electrons. The Kier molecular flexibility index (Phi) is 4.21. The molecular weight excluding hydrogens is 272 g/mol. The summed E-state index contributed by atoms with van der Waals surface area (Å²) < 4.78 is 2.17. The number of rotatable bonds is 5. The number of benzene rings is 2. The van der Waals surface area contributed by atoms with Gasteiger partial charge in [-0.05, 0) is 28.8 Å². The van der Waals surface area contributed by atoms with Gasteiger partial charge in [-0.2, -0.15) is 0 Å². The summed E-state index contributed by atoms with van der Waals surface area (Å²) in [6.45, 7) is 1.38. The Balaban J connectivity index is 1.76. The molecule has 1 heterocycles. The molecule has 0 atom stereocenters. The molecule has 0 unspecified atom stereocenters. The Morgan fingerprint density at radius 2 is 1.73 bits per heavy atom. The van der Waals surface area contributed by atoms with E-state index in [9.17, 15) is 0 Å². The molecular formula is C18H20N4. The monoisotopic (exact) mass is 292 g/mol. The van der Waals surface area contributed by atoms with Gasteiger partial charge in [0.2, 0.25) is 0 Å². The quantitative estimate of drug-likeness (QED) is 0.710. The van der Waals surface area contributed by atoms with E-state index in [-0.39, 0.29) is 0 Å². The van der Waals surface area contributed by atoms with E-state index in [0.29, 0.717) is 6.54 Å². The summed E-state index contributed by atoms with van der Waals surface area (Å²) in [6.07, 6.45) is 4.63. The summed E-state index contributed by atoms with van der Waals surface area (Å²) in [4.78, 5) is 4.47. The molecule has 0 aliphatic heterocycles. The molecule has 0 saturated carbocycles. The molecule has 0 aliphatic carbocycles. The average molecular weight is 292 g/mol. The van der Waals surface area contributed by atoms with Gasteiger partial charge in [-0.3, -0.25) is 0 Å². The number of hydrogen-bond acceptors (Lipinski definition) is 3. The van der Waals surface area contributed by atoms with E-state index in [0.717, 1.165) is 30.0 Å². The largest absolute Gasteiger partial charge is 0.399 e. The van der Waals surface area contributed by atoms with Crippen molar-refractivity contribution in [3.05, 3.63) is 83.4 Å². The molecule has 112 valence electrons. The molecule has 1 aromatic heterocycles. The maximum Gasteiger partial charge on any atom is 0.113 e. The Morgan fingerprint density at radius 1 is 0.955 bits per heavy atom. The number of hydrogen-bond donors (Lipinski definition) is 2. The van der Waals surface area contributed by atoms with Crippen molar-refractivity contribution in [2.24, 2.45) is 5.73 Å². The number of nitrogens with zero attached hydrogens (tertiary/aromatic N) is 2. The van der Waals surface area contributed by atoms with Crippen molar-refractivity contribution >= 4 is 5.69 Å². The number of nitrogens with two attached hydrogens (primary N) is 2. The highest BCUT2D eigenvalue weighted by Gasteiger charge is 2.05. The average Bonchev–Trinajstić information content (AvgIpc) is 2.95. The lowest BCUT2D eigenvalue weighted by molar-refractivity contribution is 0.740. The minimum absolute atomic E-state index is 0.575. The van der Waals surface area contributed by atoms with Crippen molar-refractivity contribution in [1.29, 1.82) is 0 Å². The van der Waals surface area contributed by atoms with Gasteiger partial charge >= 0.3 is 0 Å². The second-order valence-electron chi connectivity index (χ2n) is 5.41. The van der Waals surface area contributed by atoms with Crippen molar-refractivity contribution in [3.63, 3.8) is 0 Å². The number of anilines is 1.